The molecular weight excluding hydrogens is 214 g/mol. The fourth-order valence-corrected chi connectivity index (χ4v) is 2.17. The molecule has 1 aromatic carbocycles. The summed E-state index contributed by atoms with van der Waals surface area (Å²) in [6.45, 7) is 3.70. The number of rotatable bonds is 4. The molecule has 1 saturated heterocycles. The van der Waals surface area contributed by atoms with Crippen LogP contribution < -0.4 is 0 Å². The van der Waals surface area contributed by atoms with Gasteiger partial charge in [0.25, 0.3) is 0 Å². The van der Waals surface area contributed by atoms with Gasteiger partial charge >= 0.3 is 0 Å². The lowest BCUT2D eigenvalue weighted by atomic mass is 10.0. The first kappa shape index (κ1) is 11.6. The average molecular weight is 229 g/mol. The van der Waals surface area contributed by atoms with Crippen LogP contribution in [0.2, 0.25) is 0 Å². The first-order chi connectivity index (χ1) is 8.24. The molecule has 1 aliphatic rings. The van der Waals surface area contributed by atoms with Crippen LogP contribution in [0.1, 0.15) is 30.9 Å². The summed E-state index contributed by atoms with van der Waals surface area (Å²) in [7, 11) is 0. The van der Waals surface area contributed by atoms with Gasteiger partial charge in [-0.05, 0) is 12.0 Å². The second-order valence-corrected chi connectivity index (χ2v) is 4.11. The highest BCUT2D eigenvalue weighted by molar-refractivity contribution is 6.02. The van der Waals surface area contributed by atoms with E-state index in [9.17, 15) is 9.59 Å². The molecule has 17 heavy (non-hydrogen) atoms. The highest BCUT2D eigenvalue weighted by atomic mass is 16.2. The van der Waals surface area contributed by atoms with Gasteiger partial charge in [0, 0.05) is 12.8 Å². The smallest absolute Gasteiger partial charge is 0.230 e. The Kier molecular flexibility index (Phi) is 3.38. The molecule has 1 fully saturated rings. The zero-order valence-corrected chi connectivity index (χ0v) is 9.63. The number of hydrogen-bond donors (Lipinski definition) is 0. The molecule has 1 atom stereocenters. The number of nitrogens with zero attached hydrogens (tertiary/aromatic N) is 1. The van der Waals surface area contributed by atoms with Crippen LogP contribution in [0.15, 0.2) is 43.0 Å². The van der Waals surface area contributed by atoms with Gasteiger partial charge in [-0.2, -0.15) is 0 Å². The topological polar surface area (TPSA) is 37.4 Å². The molecule has 0 aromatic heterocycles. The fraction of sp³-hybridized carbons (Fsp3) is 0.286. The zero-order valence-electron chi connectivity index (χ0n) is 9.63. The van der Waals surface area contributed by atoms with E-state index >= 15 is 0 Å². The SMILES string of the molecule is C=CCC(c1ccccc1)N1C(=O)CCC1=O. The molecule has 1 unspecified atom stereocenters. The fourth-order valence-electron chi connectivity index (χ4n) is 2.17. The lowest BCUT2D eigenvalue weighted by molar-refractivity contribution is -0.141. The van der Waals surface area contributed by atoms with Crippen LogP contribution in [-0.2, 0) is 9.59 Å². The van der Waals surface area contributed by atoms with Gasteiger partial charge in [0.2, 0.25) is 11.8 Å². The number of imide groups is 1. The first-order valence-electron chi connectivity index (χ1n) is 5.74. The van der Waals surface area contributed by atoms with Crippen molar-refractivity contribution < 1.29 is 9.59 Å². The molecule has 0 radical (unpaired) electrons. The molecule has 3 nitrogen and oxygen atoms in total. The standard InChI is InChI=1S/C14H15NO2/c1-2-6-12(11-7-4-3-5-8-11)15-13(16)9-10-14(15)17/h2-5,7-8,12H,1,6,9-10H2. The summed E-state index contributed by atoms with van der Waals surface area (Å²) in [6.07, 6.45) is 3.01. The van der Waals surface area contributed by atoms with Crippen LogP contribution in [0.4, 0.5) is 0 Å². The zero-order chi connectivity index (χ0) is 12.3. The van der Waals surface area contributed by atoms with Crippen LogP contribution >= 0.6 is 0 Å². The van der Waals surface area contributed by atoms with Gasteiger partial charge in [0.05, 0.1) is 6.04 Å². The van der Waals surface area contributed by atoms with Crippen molar-refractivity contribution in [2.75, 3.05) is 0 Å². The third-order valence-corrected chi connectivity index (χ3v) is 2.98. The molecule has 2 amide bonds. The second-order valence-electron chi connectivity index (χ2n) is 4.11. The van der Waals surface area contributed by atoms with Crippen molar-refractivity contribution in [3.63, 3.8) is 0 Å². The van der Waals surface area contributed by atoms with Crippen molar-refractivity contribution in [3.8, 4) is 0 Å². The van der Waals surface area contributed by atoms with Crippen LogP contribution in [0, 0.1) is 0 Å². The van der Waals surface area contributed by atoms with E-state index in [1.54, 1.807) is 6.08 Å². The van der Waals surface area contributed by atoms with Gasteiger partial charge in [-0.15, -0.1) is 6.58 Å². The number of amides is 2. The number of hydrogen-bond acceptors (Lipinski definition) is 2. The van der Waals surface area contributed by atoms with Crippen molar-refractivity contribution in [1.29, 1.82) is 0 Å². The quantitative estimate of drug-likeness (QED) is 0.587. The molecule has 1 aromatic rings. The molecule has 0 spiro atoms. The number of likely N-dealkylation sites (tertiary alicyclic amines) is 1. The van der Waals surface area contributed by atoms with Crippen LogP contribution in [0.25, 0.3) is 0 Å². The normalized spacial score (nSPS) is 17.3. The van der Waals surface area contributed by atoms with Gasteiger partial charge in [-0.25, -0.2) is 0 Å². The van der Waals surface area contributed by atoms with E-state index in [-0.39, 0.29) is 17.9 Å². The summed E-state index contributed by atoms with van der Waals surface area (Å²) in [5.74, 6) is -0.156. The van der Waals surface area contributed by atoms with E-state index < -0.39 is 0 Å². The van der Waals surface area contributed by atoms with E-state index in [1.165, 1.54) is 4.90 Å². The summed E-state index contributed by atoms with van der Waals surface area (Å²) >= 11 is 0. The van der Waals surface area contributed by atoms with Gasteiger partial charge in [-0.1, -0.05) is 36.4 Å². The maximum absolute atomic E-state index is 11.7. The maximum atomic E-state index is 11.7. The van der Waals surface area contributed by atoms with Crippen molar-refractivity contribution in [3.05, 3.63) is 48.6 Å². The predicted octanol–water partition coefficient (Wildman–Crippen LogP) is 2.45. The molecule has 0 aliphatic carbocycles. The third kappa shape index (κ3) is 2.28. The molecule has 0 bridgehead atoms. The largest absolute Gasteiger partial charge is 0.275 e. The second kappa shape index (κ2) is 4.95. The van der Waals surface area contributed by atoms with Crippen LogP contribution in [0.5, 0.6) is 0 Å². The molecule has 2 rings (SSSR count). The highest BCUT2D eigenvalue weighted by Gasteiger charge is 2.34. The minimum Gasteiger partial charge on any atom is -0.275 e. The van der Waals surface area contributed by atoms with Gasteiger partial charge in [-0.3, -0.25) is 14.5 Å². The van der Waals surface area contributed by atoms with Crippen molar-refractivity contribution in [1.82, 2.24) is 4.90 Å². The van der Waals surface area contributed by atoms with E-state index in [4.69, 9.17) is 0 Å². The van der Waals surface area contributed by atoms with E-state index in [0.29, 0.717) is 19.3 Å². The summed E-state index contributed by atoms with van der Waals surface area (Å²) in [4.78, 5) is 24.9. The monoisotopic (exact) mass is 229 g/mol. The first-order valence-corrected chi connectivity index (χ1v) is 5.74. The van der Waals surface area contributed by atoms with Crippen LogP contribution in [0.3, 0.4) is 0 Å². The summed E-state index contributed by atoms with van der Waals surface area (Å²) in [5.41, 5.74) is 0.982. The average Bonchev–Trinajstić information content (AvgIpc) is 2.68. The Bertz CT molecular complexity index is 423. The molecule has 88 valence electrons. The minimum absolute atomic E-state index is 0.0781. The Morgan fingerprint density at radius 3 is 2.29 bits per heavy atom. The van der Waals surface area contributed by atoms with Gasteiger partial charge < -0.3 is 0 Å². The molecular formula is C14H15NO2. The Balaban J connectivity index is 2.32. The highest BCUT2D eigenvalue weighted by Crippen LogP contribution is 2.29. The summed E-state index contributed by atoms with van der Waals surface area (Å²) in [6, 6.07) is 9.42. The summed E-state index contributed by atoms with van der Waals surface area (Å²) < 4.78 is 0. The molecule has 0 saturated carbocycles. The van der Waals surface area contributed by atoms with E-state index in [1.807, 2.05) is 30.3 Å². The Hall–Kier alpha value is -1.90. The molecule has 3 heteroatoms. The third-order valence-electron chi connectivity index (χ3n) is 2.98. The lowest BCUT2D eigenvalue weighted by Crippen LogP contribution is -2.33. The predicted molar refractivity (Wildman–Crippen MR) is 65.1 cm³/mol. The minimum atomic E-state index is -0.198. The summed E-state index contributed by atoms with van der Waals surface area (Å²) in [5, 5.41) is 0. The molecule has 1 aliphatic heterocycles. The Morgan fingerprint density at radius 2 is 1.76 bits per heavy atom. The lowest BCUT2D eigenvalue weighted by Gasteiger charge is -2.25. The number of benzene rings is 1. The van der Waals surface area contributed by atoms with E-state index in [0.717, 1.165) is 5.56 Å². The number of carbonyl (C=O) groups excluding carboxylic acids is 2. The molecule has 1 heterocycles. The number of carbonyl (C=O) groups is 2. The maximum Gasteiger partial charge on any atom is 0.230 e. The van der Waals surface area contributed by atoms with Crippen LogP contribution in [-0.4, -0.2) is 16.7 Å². The van der Waals surface area contributed by atoms with Crippen molar-refractivity contribution in [2.24, 2.45) is 0 Å². The van der Waals surface area contributed by atoms with Gasteiger partial charge in [0.1, 0.15) is 0 Å². The van der Waals surface area contributed by atoms with Crippen molar-refractivity contribution in [2.45, 2.75) is 25.3 Å². The van der Waals surface area contributed by atoms with E-state index in [2.05, 4.69) is 6.58 Å². The Morgan fingerprint density at radius 1 is 1.18 bits per heavy atom. The van der Waals surface area contributed by atoms with Gasteiger partial charge in [0.15, 0.2) is 0 Å². The Labute approximate surface area is 101 Å². The molecule has 0 N–H and O–H groups in total. The van der Waals surface area contributed by atoms with Crippen molar-refractivity contribution >= 4 is 11.8 Å².